The van der Waals surface area contributed by atoms with Crippen LogP contribution >= 0.6 is 0 Å². The molecule has 1 aromatic heterocycles. The van der Waals surface area contributed by atoms with Crippen molar-refractivity contribution in [1.82, 2.24) is 4.98 Å². The smallest absolute Gasteiger partial charge is 0.200 e. The summed E-state index contributed by atoms with van der Waals surface area (Å²) in [7, 11) is -3.43. The Bertz CT molecular complexity index is 824. The number of aromatic nitrogens is 1. The summed E-state index contributed by atoms with van der Waals surface area (Å²) in [6.45, 7) is 5.68. The van der Waals surface area contributed by atoms with Crippen molar-refractivity contribution in [2.24, 2.45) is 0 Å². The maximum absolute atomic E-state index is 12.4. The Kier molecular flexibility index (Phi) is 4.25. The minimum atomic E-state index is -3.43. The fraction of sp³-hybridized carbons (Fsp3) is 0.389. The Hall–Kier alpha value is -2.08. The third-order valence-electron chi connectivity index (χ3n) is 4.12. The Morgan fingerprint density at radius 3 is 2.58 bits per heavy atom. The number of para-hydroxylation sites is 1. The molecule has 0 radical (unpaired) electrons. The van der Waals surface area contributed by atoms with Crippen LogP contribution in [0.3, 0.4) is 0 Å². The van der Waals surface area contributed by atoms with Gasteiger partial charge in [-0.3, -0.25) is 0 Å². The van der Waals surface area contributed by atoms with Crippen molar-refractivity contribution in [2.45, 2.75) is 43.0 Å². The molecule has 5 nitrogen and oxygen atoms in total. The lowest BCUT2D eigenvalue weighted by molar-refractivity contribution is 0.274. The second-order valence-corrected chi connectivity index (χ2v) is 9.52. The Labute approximate surface area is 143 Å². The van der Waals surface area contributed by atoms with Gasteiger partial charge < -0.3 is 10.1 Å². The molecular formula is C18H22N2O3S. The van der Waals surface area contributed by atoms with Gasteiger partial charge in [0.1, 0.15) is 5.75 Å². The van der Waals surface area contributed by atoms with Crippen LogP contribution in [0.1, 0.15) is 38.8 Å². The van der Waals surface area contributed by atoms with E-state index in [1.165, 1.54) is 0 Å². The van der Waals surface area contributed by atoms with E-state index in [1.54, 1.807) is 39.1 Å². The molecule has 128 valence electrons. The fourth-order valence-corrected chi connectivity index (χ4v) is 3.70. The molecule has 0 saturated heterocycles. The van der Waals surface area contributed by atoms with Gasteiger partial charge in [-0.15, -0.1) is 0 Å². The molecule has 1 aliphatic rings. The van der Waals surface area contributed by atoms with Crippen LogP contribution in [0.5, 0.6) is 5.75 Å². The number of anilines is 1. The standard InChI is InChI=1S/C18H22N2O3S/c1-18(2,3)24(21,22)17-9-8-13(12-19-17)20-15-10-11-23-16-7-5-4-6-14(15)16/h4-9,12,15,20H,10-11H2,1-3H3. The van der Waals surface area contributed by atoms with Gasteiger partial charge in [0.05, 0.1) is 29.3 Å². The lowest BCUT2D eigenvalue weighted by Crippen LogP contribution is -2.28. The van der Waals surface area contributed by atoms with E-state index < -0.39 is 14.6 Å². The van der Waals surface area contributed by atoms with Gasteiger partial charge in [0, 0.05) is 12.0 Å². The van der Waals surface area contributed by atoms with E-state index >= 15 is 0 Å². The van der Waals surface area contributed by atoms with E-state index in [1.807, 2.05) is 24.3 Å². The highest BCUT2D eigenvalue weighted by atomic mass is 32.2. The van der Waals surface area contributed by atoms with Gasteiger partial charge in [-0.2, -0.15) is 0 Å². The lowest BCUT2D eigenvalue weighted by atomic mass is 10.0. The molecule has 1 unspecified atom stereocenters. The first-order valence-electron chi connectivity index (χ1n) is 7.98. The molecule has 24 heavy (non-hydrogen) atoms. The first-order chi connectivity index (χ1) is 11.3. The molecular weight excluding hydrogens is 324 g/mol. The Morgan fingerprint density at radius 1 is 1.17 bits per heavy atom. The van der Waals surface area contributed by atoms with Crippen molar-refractivity contribution >= 4 is 15.5 Å². The molecule has 0 spiro atoms. The number of hydrogen-bond donors (Lipinski definition) is 1. The van der Waals surface area contributed by atoms with Gasteiger partial charge in [-0.1, -0.05) is 18.2 Å². The number of sulfone groups is 1. The van der Waals surface area contributed by atoms with E-state index in [0.717, 1.165) is 23.4 Å². The van der Waals surface area contributed by atoms with Crippen LogP contribution < -0.4 is 10.1 Å². The molecule has 1 aliphatic heterocycles. The molecule has 6 heteroatoms. The number of fused-ring (bicyclic) bond motifs is 1. The van der Waals surface area contributed by atoms with Gasteiger partial charge in [0.15, 0.2) is 14.9 Å². The summed E-state index contributed by atoms with van der Waals surface area (Å²) >= 11 is 0. The molecule has 1 aromatic carbocycles. The third-order valence-corrected chi connectivity index (χ3v) is 6.52. The summed E-state index contributed by atoms with van der Waals surface area (Å²) in [6, 6.07) is 11.4. The molecule has 1 atom stereocenters. The van der Waals surface area contributed by atoms with Crippen molar-refractivity contribution in [3.8, 4) is 5.75 Å². The quantitative estimate of drug-likeness (QED) is 0.920. The number of rotatable bonds is 3. The first-order valence-corrected chi connectivity index (χ1v) is 9.46. The monoisotopic (exact) mass is 346 g/mol. The minimum Gasteiger partial charge on any atom is -0.493 e. The SMILES string of the molecule is CC(C)(C)S(=O)(=O)c1ccc(NC2CCOc3ccccc32)cn1. The zero-order valence-electron chi connectivity index (χ0n) is 14.1. The van der Waals surface area contributed by atoms with Crippen molar-refractivity contribution in [3.63, 3.8) is 0 Å². The van der Waals surface area contributed by atoms with Crippen LogP contribution in [-0.2, 0) is 9.84 Å². The minimum absolute atomic E-state index is 0.105. The normalized spacial score (nSPS) is 17.7. The van der Waals surface area contributed by atoms with Gasteiger partial charge in [0.2, 0.25) is 0 Å². The number of pyridine rings is 1. The highest BCUT2D eigenvalue weighted by Gasteiger charge is 2.32. The van der Waals surface area contributed by atoms with Crippen molar-refractivity contribution in [1.29, 1.82) is 0 Å². The highest BCUT2D eigenvalue weighted by molar-refractivity contribution is 7.92. The van der Waals surface area contributed by atoms with Crippen molar-refractivity contribution in [2.75, 3.05) is 11.9 Å². The van der Waals surface area contributed by atoms with Crippen molar-refractivity contribution < 1.29 is 13.2 Å². The first kappa shape index (κ1) is 16.8. The molecule has 0 amide bonds. The second kappa shape index (κ2) is 6.09. The molecule has 0 aliphatic carbocycles. The van der Waals surface area contributed by atoms with E-state index in [0.29, 0.717) is 6.61 Å². The van der Waals surface area contributed by atoms with Crippen LogP contribution in [0.15, 0.2) is 47.6 Å². The van der Waals surface area contributed by atoms with Crippen LogP contribution in [0, 0.1) is 0 Å². The fourth-order valence-electron chi connectivity index (χ4n) is 2.63. The lowest BCUT2D eigenvalue weighted by Gasteiger charge is -2.27. The van der Waals surface area contributed by atoms with Crippen molar-refractivity contribution in [3.05, 3.63) is 48.2 Å². The summed E-state index contributed by atoms with van der Waals surface area (Å²) in [5, 5.41) is 3.52. The van der Waals surface area contributed by atoms with E-state index in [4.69, 9.17) is 4.74 Å². The summed E-state index contributed by atoms with van der Waals surface area (Å²) < 4.78 is 29.6. The summed E-state index contributed by atoms with van der Waals surface area (Å²) in [5.41, 5.74) is 1.90. The summed E-state index contributed by atoms with van der Waals surface area (Å²) in [4.78, 5) is 4.16. The van der Waals surface area contributed by atoms with E-state index in [-0.39, 0.29) is 11.1 Å². The van der Waals surface area contributed by atoms with Gasteiger partial charge in [-0.25, -0.2) is 13.4 Å². The number of ether oxygens (including phenoxy) is 1. The van der Waals surface area contributed by atoms with Crippen LogP contribution in [0.4, 0.5) is 5.69 Å². The predicted octanol–water partition coefficient (Wildman–Crippen LogP) is 3.59. The van der Waals surface area contributed by atoms with Gasteiger partial charge in [0.25, 0.3) is 0 Å². The van der Waals surface area contributed by atoms with Crippen LogP contribution in [0.2, 0.25) is 0 Å². The molecule has 3 rings (SSSR count). The zero-order valence-corrected chi connectivity index (χ0v) is 14.9. The van der Waals surface area contributed by atoms with Crippen LogP contribution in [0.25, 0.3) is 0 Å². The molecule has 0 bridgehead atoms. The molecule has 2 heterocycles. The maximum atomic E-state index is 12.4. The molecule has 0 saturated carbocycles. The average molecular weight is 346 g/mol. The topological polar surface area (TPSA) is 68.3 Å². The number of hydrogen-bond acceptors (Lipinski definition) is 5. The van der Waals surface area contributed by atoms with Gasteiger partial charge in [-0.05, 0) is 39.0 Å². The summed E-state index contributed by atoms with van der Waals surface area (Å²) in [6.07, 6.45) is 2.43. The largest absolute Gasteiger partial charge is 0.493 e. The van der Waals surface area contributed by atoms with E-state index in [2.05, 4.69) is 10.3 Å². The Balaban J connectivity index is 1.81. The average Bonchev–Trinajstić information content (AvgIpc) is 2.55. The van der Waals surface area contributed by atoms with Gasteiger partial charge >= 0.3 is 0 Å². The third kappa shape index (κ3) is 3.11. The van der Waals surface area contributed by atoms with Crippen LogP contribution in [-0.4, -0.2) is 24.8 Å². The maximum Gasteiger partial charge on any atom is 0.200 e. The second-order valence-electron chi connectivity index (χ2n) is 6.87. The molecule has 1 N–H and O–H groups in total. The van der Waals surface area contributed by atoms with E-state index in [9.17, 15) is 8.42 Å². The molecule has 0 fully saturated rings. The predicted molar refractivity (Wildman–Crippen MR) is 94.1 cm³/mol. The number of benzene rings is 1. The zero-order chi connectivity index (χ0) is 17.4. The molecule has 2 aromatic rings. The Morgan fingerprint density at radius 2 is 1.92 bits per heavy atom. The summed E-state index contributed by atoms with van der Waals surface area (Å²) in [5.74, 6) is 0.890. The highest BCUT2D eigenvalue weighted by Crippen LogP contribution is 2.34. The number of nitrogens with zero attached hydrogens (tertiary/aromatic N) is 1. The number of nitrogens with one attached hydrogen (secondary N) is 1.